The van der Waals surface area contributed by atoms with Gasteiger partial charge < -0.3 is 18.9 Å². The number of thioether (sulfide) groups is 1. The zero-order valence-corrected chi connectivity index (χ0v) is 29.0. The van der Waals surface area contributed by atoms with Crippen LogP contribution in [0.3, 0.4) is 0 Å². The van der Waals surface area contributed by atoms with Gasteiger partial charge in [0.2, 0.25) is 5.96 Å². The summed E-state index contributed by atoms with van der Waals surface area (Å²) < 4.78 is 21.7. The van der Waals surface area contributed by atoms with Gasteiger partial charge in [-0.3, -0.25) is 10.6 Å². The average Bonchev–Trinajstić information content (AvgIpc) is 3.23. The number of fused-ring (bicyclic) bond motifs is 1. The largest absolute Gasteiger partial charge is 0.444 e. The van der Waals surface area contributed by atoms with E-state index in [-0.39, 0.29) is 14.0 Å². The maximum absolute atomic E-state index is 12.1. The summed E-state index contributed by atoms with van der Waals surface area (Å²) in [6, 6.07) is 7.06. The van der Waals surface area contributed by atoms with Crippen LogP contribution in [0.1, 0.15) is 85.9 Å². The third-order valence-corrected chi connectivity index (χ3v) is 4.72. The first-order chi connectivity index (χ1) is 20.4. The summed E-state index contributed by atoms with van der Waals surface area (Å²) in [7, 11) is 0. The number of para-hydroxylation sites is 1. The Morgan fingerprint density at radius 1 is 0.711 bits per heavy atom. The Morgan fingerprint density at radius 2 is 1.16 bits per heavy atom. The van der Waals surface area contributed by atoms with Crippen molar-refractivity contribution in [1.29, 1.82) is 0 Å². The summed E-state index contributed by atoms with van der Waals surface area (Å²) in [6.45, 7) is 20.8. The van der Waals surface area contributed by atoms with Crippen molar-refractivity contribution in [2.24, 2.45) is 9.98 Å². The Kier molecular flexibility index (Phi) is 13.5. The van der Waals surface area contributed by atoms with Crippen molar-refractivity contribution in [3.05, 3.63) is 24.3 Å². The van der Waals surface area contributed by atoms with Crippen molar-refractivity contribution in [1.82, 2.24) is 25.6 Å². The highest BCUT2D eigenvalue weighted by atomic mass is 32.2. The molecule has 0 aliphatic heterocycles. The molecule has 0 bridgehead atoms. The number of amides is 4. The zero-order valence-electron chi connectivity index (χ0n) is 28.2. The SMILES string of the molecule is CC(C)(C)OC(=O)/N=C(/NC(=O)OC(C)(C)C)n1nnc2ccccc21.CS/C(=N\C(=O)OC(C)(C)C)NC(=O)OC(C)(C)C.[HH].[HH]. The predicted octanol–water partition coefficient (Wildman–Crippen LogP) is 6.75. The molecule has 2 aromatic rings. The highest BCUT2D eigenvalue weighted by Gasteiger charge is 2.23. The molecule has 0 saturated heterocycles. The normalized spacial score (nSPS) is 12.8. The number of benzene rings is 1. The van der Waals surface area contributed by atoms with Crippen LogP contribution in [0.4, 0.5) is 19.2 Å². The molecule has 0 saturated carbocycles. The minimum Gasteiger partial charge on any atom is -0.444 e. The summed E-state index contributed by atoms with van der Waals surface area (Å²) in [4.78, 5) is 54.7. The van der Waals surface area contributed by atoms with Crippen LogP contribution in [0.5, 0.6) is 0 Å². The first-order valence-corrected chi connectivity index (χ1v) is 15.1. The van der Waals surface area contributed by atoms with Crippen LogP contribution >= 0.6 is 11.8 Å². The summed E-state index contributed by atoms with van der Waals surface area (Å²) in [6.07, 6.45) is -1.39. The average molecular weight is 656 g/mol. The highest BCUT2D eigenvalue weighted by molar-refractivity contribution is 8.13. The van der Waals surface area contributed by atoms with Gasteiger partial charge in [-0.25, -0.2) is 19.2 Å². The lowest BCUT2D eigenvalue weighted by Gasteiger charge is -2.20. The molecular formula is C29H49N7O8S. The van der Waals surface area contributed by atoms with E-state index < -0.39 is 46.8 Å². The number of nitrogens with zero attached hydrogens (tertiary/aromatic N) is 5. The molecule has 4 amide bonds. The van der Waals surface area contributed by atoms with Gasteiger partial charge in [0.25, 0.3) is 0 Å². The molecule has 15 nitrogen and oxygen atoms in total. The summed E-state index contributed by atoms with van der Waals surface area (Å²) in [5.74, 6) is -0.165. The van der Waals surface area contributed by atoms with Gasteiger partial charge in [0.05, 0.1) is 5.52 Å². The Bertz CT molecular complexity index is 1420. The fourth-order valence-corrected chi connectivity index (χ4v) is 3.15. The number of hydrogen-bond acceptors (Lipinski definition) is 11. The molecule has 16 heteroatoms. The lowest BCUT2D eigenvalue weighted by atomic mass is 10.2. The topological polar surface area (TPSA) is 185 Å². The van der Waals surface area contributed by atoms with Gasteiger partial charge in [-0.05, 0) is 101 Å². The zero-order chi connectivity index (χ0) is 34.8. The standard InChI is InChI=1S/C17H23N5O4.C12H22N2O4S.2H2/c1-16(2,3)25-14(23)18-13(19-15(24)26-17(4,5)6)22-12-10-8-7-9-11(12)20-21-22;1-11(2,3)17-9(15)13-8(19-7)14-10(16)18-12(4,5)6;;/h7-10H,1-6H3,(H,18,19,23,24);1-7H3,(H,13,14,15,16);2*1H. The third kappa shape index (κ3) is 17.0. The number of aliphatic imine (C=N–C) groups is 2. The maximum atomic E-state index is 12.1. The minimum absolute atomic E-state index is 0. The molecule has 0 fully saturated rings. The van der Waals surface area contributed by atoms with Crippen LogP contribution in [0, 0.1) is 0 Å². The van der Waals surface area contributed by atoms with E-state index >= 15 is 0 Å². The van der Waals surface area contributed by atoms with E-state index in [1.807, 2.05) is 0 Å². The molecule has 1 heterocycles. The number of nitrogens with one attached hydrogen (secondary N) is 2. The number of amidine groups is 1. The lowest BCUT2D eigenvalue weighted by molar-refractivity contribution is 0.0544. The van der Waals surface area contributed by atoms with Gasteiger partial charge in [-0.2, -0.15) is 9.67 Å². The van der Waals surface area contributed by atoms with E-state index in [4.69, 9.17) is 18.9 Å². The second kappa shape index (κ2) is 15.7. The van der Waals surface area contributed by atoms with Crippen molar-refractivity contribution in [3.63, 3.8) is 0 Å². The molecule has 0 unspecified atom stereocenters. The molecule has 45 heavy (non-hydrogen) atoms. The second-order valence-electron chi connectivity index (χ2n) is 13.3. The fraction of sp³-hybridized carbons (Fsp3) is 0.586. The van der Waals surface area contributed by atoms with Crippen LogP contribution in [0.25, 0.3) is 11.0 Å². The molecule has 0 radical (unpaired) electrons. The molecule has 1 aromatic carbocycles. The van der Waals surface area contributed by atoms with Crippen LogP contribution < -0.4 is 10.6 Å². The van der Waals surface area contributed by atoms with Crippen molar-refractivity contribution in [2.45, 2.75) is 105 Å². The van der Waals surface area contributed by atoms with Crippen molar-refractivity contribution in [3.8, 4) is 0 Å². The van der Waals surface area contributed by atoms with Crippen molar-refractivity contribution in [2.75, 3.05) is 6.26 Å². The molecule has 0 aliphatic carbocycles. The second-order valence-corrected chi connectivity index (χ2v) is 14.1. The number of rotatable bonds is 0. The number of ether oxygens (including phenoxy) is 4. The van der Waals surface area contributed by atoms with Crippen LogP contribution in [0.2, 0.25) is 0 Å². The van der Waals surface area contributed by atoms with Gasteiger partial charge in [0.15, 0.2) is 5.17 Å². The molecule has 2 rings (SSSR count). The Balaban J connectivity index is 0. The smallest absolute Gasteiger partial charge is 0.437 e. The highest BCUT2D eigenvalue weighted by Crippen LogP contribution is 2.13. The fourth-order valence-electron chi connectivity index (χ4n) is 2.80. The summed E-state index contributed by atoms with van der Waals surface area (Å²) in [5.41, 5.74) is -1.55. The molecule has 1 aromatic heterocycles. The molecule has 0 atom stereocenters. The summed E-state index contributed by atoms with van der Waals surface area (Å²) in [5, 5.41) is 12.9. The first kappa shape index (κ1) is 38.8. The monoisotopic (exact) mass is 655 g/mol. The predicted molar refractivity (Wildman–Crippen MR) is 177 cm³/mol. The number of carbonyl (C=O) groups excluding carboxylic acids is 4. The van der Waals surface area contributed by atoms with Gasteiger partial charge in [-0.15, -0.1) is 10.1 Å². The van der Waals surface area contributed by atoms with E-state index in [2.05, 4.69) is 30.9 Å². The Morgan fingerprint density at radius 3 is 1.62 bits per heavy atom. The van der Waals surface area contributed by atoms with Gasteiger partial charge in [0.1, 0.15) is 27.9 Å². The maximum Gasteiger partial charge on any atom is 0.437 e. The van der Waals surface area contributed by atoms with Gasteiger partial charge in [0, 0.05) is 2.85 Å². The van der Waals surface area contributed by atoms with E-state index in [1.165, 1.54) is 4.68 Å². The Hall–Kier alpha value is -4.21. The van der Waals surface area contributed by atoms with E-state index in [9.17, 15) is 19.2 Å². The molecule has 0 spiro atoms. The third-order valence-electron chi connectivity index (χ3n) is 4.14. The summed E-state index contributed by atoms with van der Waals surface area (Å²) >= 11 is 1.12. The number of hydrogen-bond donors (Lipinski definition) is 2. The molecule has 254 valence electrons. The lowest BCUT2D eigenvalue weighted by Crippen LogP contribution is -2.40. The molecular weight excluding hydrogens is 606 g/mol. The number of carbonyl (C=O) groups is 4. The van der Waals surface area contributed by atoms with Crippen LogP contribution in [-0.4, -0.2) is 79.2 Å². The van der Waals surface area contributed by atoms with E-state index in [0.717, 1.165) is 11.8 Å². The molecule has 2 N–H and O–H groups in total. The van der Waals surface area contributed by atoms with Crippen molar-refractivity contribution >= 4 is 58.3 Å². The van der Waals surface area contributed by atoms with E-state index in [1.54, 1.807) is 114 Å². The Labute approximate surface area is 270 Å². The quantitative estimate of drug-likeness (QED) is 0.174. The van der Waals surface area contributed by atoms with Crippen LogP contribution in [0.15, 0.2) is 34.3 Å². The first-order valence-electron chi connectivity index (χ1n) is 13.9. The number of aromatic nitrogens is 3. The van der Waals surface area contributed by atoms with Gasteiger partial charge in [-0.1, -0.05) is 29.1 Å². The number of alkyl carbamates (subject to hydrolysis) is 2. The van der Waals surface area contributed by atoms with Crippen molar-refractivity contribution < 1.29 is 41.0 Å². The molecule has 0 aliphatic rings. The minimum atomic E-state index is -0.872. The van der Waals surface area contributed by atoms with E-state index in [0.29, 0.717) is 11.0 Å². The van der Waals surface area contributed by atoms with Gasteiger partial charge >= 0.3 is 24.4 Å². The van der Waals surface area contributed by atoms with Crippen LogP contribution in [-0.2, 0) is 18.9 Å².